The molecule has 134 valence electrons. The second-order valence-electron chi connectivity index (χ2n) is 5.77. The quantitative estimate of drug-likeness (QED) is 0.676. The van der Waals surface area contributed by atoms with Crippen molar-refractivity contribution in [1.82, 2.24) is 4.72 Å². The van der Waals surface area contributed by atoms with Crippen LogP contribution in [0.15, 0.2) is 78.9 Å². The summed E-state index contributed by atoms with van der Waals surface area (Å²) in [4.78, 5) is 0. The molecule has 0 saturated heterocycles. The minimum atomic E-state index is -3.44. The van der Waals surface area contributed by atoms with E-state index in [1.165, 1.54) is 24.3 Å². The predicted molar refractivity (Wildman–Crippen MR) is 98.8 cm³/mol. The number of hydrogen-bond donors (Lipinski definition) is 1. The Morgan fingerprint density at radius 3 is 2.23 bits per heavy atom. The fourth-order valence-corrected chi connectivity index (χ4v) is 3.52. The third-order valence-electron chi connectivity index (χ3n) is 3.64. The lowest BCUT2D eigenvalue weighted by molar-refractivity contribution is 0.479. The zero-order chi connectivity index (χ0) is 18.4. The van der Waals surface area contributed by atoms with E-state index in [1.54, 1.807) is 42.5 Å². The monoisotopic (exact) mass is 371 g/mol. The fraction of sp³-hybridized carbons (Fsp3) is 0.100. The third kappa shape index (κ3) is 5.40. The molecular formula is C20H18FNO3S. The molecule has 3 aromatic carbocycles. The van der Waals surface area contributed by atoms with E-state index in [0.717, 1.165) is 11.1 Å². The van der Waals surface area contributed by atoms with Gasteiger partial charge in [-0.3, -0.25) is 0 Å². The summed E-state index contributed by atoms with van der Waals surface area (Å²) in [5.41, 5.74) is 1.50. The molecule has 0 fully saturated rings. The first-order valence-electron chi connectivity index (χ1n) is 8.04. The first-order chi connectivity index (χ1) is 12.5. The summed E-state index contributed by atoms with van der Waals surface area (Å²) in [5.74, 6) is 0.656. The fourth-order valence-electron chi connectivity index (χ4n) is 2.40. The van der Waals surface area contributed by atoms with Gasteiger partial charge in [0.25, 0.3) is 0 Å². The van der Waals surface area contributed by atoms with Crippen LogP contribution in [0.4, 0.5) is 4.39 Å². The topological polar surface area (TPSA) is 55.4 Å². The van der Waals surface area contributed by atoms with Crippen LogP contribution in [-0.4, -0.2) is 8.42 Å². The van der Waals surface area contributed by atoms with Crippen molar-refractivity contribution in [3.63, 3.8) is 0 Å². The maximum atomic E-state index is 12.9. The van der Waals surface area contributed by atoms with Crippen LogP contribution in [-0.2, 0) is 22.3 Å². The van der Waals surface area contributed by atoms with Crippen LogP contribution >= 0.6 is 0 Å². The van der Waals surface area contributed by atoms with Crippen molar-refractivity contribution in [1.29, 1.82) is 0 Å². The molecule has 3 rings (SSSR count). The smallest absolute Gasteiger partial charge is 0.216 e. The van der Waals surface area contributed by atoms with Crippen molar-refractivity contribution >= 4 is 10.0 Å². The largest absolute Gasteiger partial charge is 0.457 e. The normalized spacial score (nSPS) is 11.3. The summed E-state index contributed by atoms with van der Waals surface area (Å²) in [7, 11) is -3.44. The molecule has 3 aromatic rings. The van der Waals surface area contributed by atoms with Crippen LogP contribution in [0.2, 0.25) is 0 Å². The number of nitrogens with one attached hydrogen (secondary N) is 1. The molecule has 0 bridgehead atoms. The van der Waals surface area contributed by atoms with Gasteiger partial charge in [-0.15, -0.1) is 0 Å². The molecule has 1 N–H and O–H groups in total. The molecule has 0 atom stereocenters. The minimum Gasteiger partial charge on any atom is -0.457 e. The number of halogens is 1. The molecule has 0 spiro atoms. The molecule has 0 saturated carbocycles. The highest BCUT2D eigenvalue weighted by Crippen LogP contribution is 2.22. The zero-order valence-electron chi connectivity index (χ0n) is 13.9. The van der Waals surface area contributed by atoms with Crippen molar-refractivity contribution in [3.8, 4) is 11.5 Å². The molecule has 6 heteroatoms. The molecule has 0 aromatic heterocycles. The Bertz CT molecular complexity index is 958. The van der Waals surface area contributed by atoms with Gasteiger partial charge in [0, 0.05) is 6.54 Å². The summed E-state index contributed by atoms with van der Waals surface area (Å²) >= 11 is 0. The minimum absolute atomic E-state index is 0.0698. The highest BCUT2D eigenvalue weighted by Gasteiger charge is 2.11. The maximum absolute atomic E-state index is 12.9. The SMILES string of the molecule is O=S(=O)(Cc1ccccc1)NCc1cccc(Oc2ccc(F)cc2)c1. The summed E-state index contributed by atoms with van der Waals surface area (Å²) in [6.07, 6.45) is 0. The Labute approximate surface area is 152 Å². The lowest BCUT2D eigenvalue weighted by Gasteiger charge is -2.09. The van der Waals surface area contributed by atoms with Gasteiger partial charge in [-0.1, -0.05) is 42.5 Å². The van der Waals surface area contributed by atoms with Crippen LogP contribution < -0.4 is 9.46 Å². The van der Waals surface area contributed by atoms with Crippen molar-refractivity contribution in [2.75, 3.05) is 0 Å². The second kappa shape index (κ2) is 8.12. The average Bonchev–Trinajstić information content (AvgIpc) is 2.63. The molecule has 26 heavy (non-hydrogen) atoms. The van der Waals surface area contributed by atoms with Crippen molar-refractivity contribution in [3.05, 3.63) is 95.8 Å². The van der Waals surface area contributed by atoms with E-state index in [4.69, 9.17) is 4.74 Å². The van der Waals surface area contributed by atoms with E-state index in [0.29, 0.717) is 11.5 Å². The number of rotatable bonds is 7. The Morgan fingerprint density at radius 2 is 1.50 bits per heavy atom. The summed E-state index contributed by atoms with van der Waals surface area (Å²) < 4.78 is 45.6. The number of hydrogen-bond acceptors (Lipinski definition) is 3. The van der Waals surface area contributed by atoms with E-state index >= 15 is 0 Å². The Balaban J connectivity index is 1.62. The Morgan fingerprint density at radius 1 is 0.808 bits per heavy atom. The van der Waals surface area contributed by atoms with Crippen LogP contribution in [0.1, 0.15) is 11.1 Å². The molecule has 0 aliphatic rings. The van der Waals surface area contributed by atoms with Gasteiger partial charge < -0.3 is 4.74 Å². The van der Waals surface area contributed by atoms with Crippen LogP contribution in [0.5, 0.6) is 11.5 Å². The number of ether oxygens (including phenoxy) is 1. The van der Waals surface area contributed by atoms with Crippen molar-refractivity contribution < 1.29 is 17.5 Å². The zero-order valence-corrected chi connectivity index (χ0v) is 14.7. The van der Waals surface area contributed by atoms with Gasteiger partial charge in [-0.2, -0.15) is 0 Å². The summed E-state index contributed by atoms with van der Waals surface area (Å²) in [6, 6.07) is 21.8. The molecular weight excluding hydrogens is 353 g/mol. The number of sulfonamides is 1. The highest BCUT2D eigenvalue weighted by atomic mass is 32.2. The van der Waals surface area contributed by atoms with E-state index in [9.17, 15) is 12.8 Å². The van der Waals surface area contributed by atoms with E-state index in [1.807, 2.05) is 12.1 Å². The van der Waals surface area contributed by atoms with Gasteiger partial charge in [0.1, 0.15) is 17.3 Å². The lowest BCUT2D eigenvalue weighted by Crippen LogP contribution is -2.24. The summed E-state index contributed by atoms with van der Waals surface area (Å²) in [6.45, 7) is 0.162. The molecule has 0 aliphatic heterocycles. The van der Waals surface area contributed by atoms with Crippen LogP contribution in [0.25, 0.3) is 0 Å². The molecule has 0 unspecified atom stereocenters. The first-order valence-corrected chi connectivity index (χ1v) is 9.69. The van der Waals surface area contributed by atoms with Crippen LogP contribution in [0.3, 0.4) is 0 Å². The average molecular weight is 371 g/mol. The maximum Gasteiger partial charge on any atom is 0.216 e. The predicted octanol–water partition coefficient (Wildman–Crippen LogP) is 4.24. The van der Waals surface area contributed by atoms with Crippen LogP contribution in [0, 0.1) is 5.82 Å². The molecule has 0 radical (unpaired) electrons. The molecule has 0 heterocycles. The second-order valence-corrected chi connectivity index (χ2v) is 7.58. The Kier molecular flexibility index (Phi) is 5.65. The first kappa shape index (κ1) is 18.1. The number of benzene rings is 3. The molecule has 4 nitrogen and oxygen atoms in total. The van der Waals surface area contributed by atoms with Crippen molar-refractivity contribution in [2.24, 2.45) is 0 Å². The summed E-state index contributed by atoms with van der Waals surface area (Å²) in [5, 5.41) is 0. The van der Waals surface area contributed by atoms with E-state index < -0.39 is 10.0 Å². The Hall–Kier alpha value is -2.70. The van der Waals surface area contributed by atoms with E-state index in [-0.39, 0.29) is 18.1 Å². The lowest BCUT2D eigenvalue weighted by atomic mass is 10.2. The van der Waals surface area contributed by atoms with Gasteiger partial charge in [0.05, 0.1) is 5.75 Å². The van der Waals surface area contributed by atoms with Gasteiger partial charge in [-0.25, -0.2) is 17.5 Å². The van der Waals surface area contributed by atoms with E-state index in [2.05, 4.69) is 4.72 Å². The third-order valence-corrected chi connectivity index (χ3v) is 4.94. The highest BCUT2D eigenvalue weighted by molar-refractivity contribution is 7.88. The van der Waals surface area contributed by atoms with Crippen molar-refractivity contribution in [2.45, 2.75) is 12.3 Å². The van der Waals surface area contributed by atoms with Gasteiger partial charge in [0.2, 0.25) is 10.0 Å². The molecule has 0 amide bonds. The van der Waals surface area contributed by atoms with Gasteiger partial charge in [0.15, 0.2) is 0 Å². The van der Waals surface area contributed by atoms with Gasteiger partial charge in [-0.05, 0) is 47.5 Å². The van der Waals surface area contributed by atoms with Gasteiger partial charge >= 0.3 is 0 Å². The molecule has 0 aliphatic carbocycles. The standard InChI is InChI=1S/C20H18FNO3S/c21-18-9-11-19(12-10-18)25-20-8-4-7-17(13-20)14-22-26(23,24)15-16-5-2-1-3-6-16/h1-13,22H,14-15H2.